The Bertz CT molecular complexity index is 643. The lowest BCUT2D eigenvalue weighted by atomic mass is 10.1. The average Bonchev–Trinajstić information content (AvgIpc) is 2.47. The standard InChI is InChI=1S/C16H16ClNO3/c1-21-12-5-2-4-11(10-12)8-9-18-14-7-3-6-13(17)15(14)16(19)20/h2-7,10,18H,8-9H2,1H3,(H,19,20). The van der Waals surface area contributed by atoms with Crippen LogP contribution in [0.4, 0.5) is 5.69 Å². The molecule has 0 aliphatic heterocycles. The van der Waals surface area contributed by atoms with Crippen LogP contribution in [0.1, 0.15) is 15.9 Å². The van der Waals surface area contributed by atoms with Gasteiger partial charge in [0.1, 0.15) is 11.3 Å². The number of methoxy groups -OCH3 is 1. The molecule has 110 valence electrons. The molecule has 0 aliphatic rings. The molecule has 0 unspecified atom stereocenters. The lowest BCUT2D eigenvalue weighted by Gasteiger charge is -2.11. The van der Waals surface area contributed by atoms with Crippen LogP contribution in [0.3, 0.4) is 0 Å². The maximum atomic E-state index is 11.2. The minimum Gasteiger partial charge on any atom is -0.497 e. The van der Waals surface area contributed by atoms with Crippen LogP contribution >= 0.6 is 11.6 Å². The van der Waals surface area contributed by atoms with Crippen LogP contribution in [0.2, 0.25) is 5.02 Å². The highest BCUT2D eigenvalue weighted by Crippen LogP contribution is 2.24. The molecule has 5 heteroatoms. The second-order valence-corrected chi connectivity index (χ2v) is 4.90. The molecule has 0 radical (unpaired) electrons. The highest BCUT2D eigenvalue weighted by atomic mass is 35.5. The van der Waals surface area contributed by atoms with Crippen molar-refractivity contribution in [3.63, 3.8) is 0 Å². The van der Waals surface area contributed by atoms with E-state index in [9.17, 15) is 9.90 Å². The zero-order chi connectivity index (χ0) is 15.2. The van der Waals surface area contributed by atoms with E-state index in [4.69, 9.17) is 16.3 Å². The number of hydrogen-bond acceptors (Lipinski definition) is 3. The van der Waals surface area contributed by atoms with E-state index in [2.05, 4.69) is 5.32 Å². The smallest absolute Gasteiger partial charge is 0.339 e. The largest absolute Gasteiger partial charge is 0.497 e. The van der Waals surface area contributed by atoms with Gasteiger partial charge in [-0.1, -0.05) is 29.8 Å². The third-order valence-corrected chi connectivity index (χ3v) is 3.41. The summed E-state index contributed by atoms with van der Waals surface area (Å²) in [4.78, 5) is 11.2. The number of carboxylic acid groups (broad SMARTS) is 1. The van der Waals surface area contributed by atoms with Crippen molar-refractivity contribution in [3.8, 4) is 5.75 Å². The average molecular weight is 306 g/mol. The normalized spacial score (nSPS) is 10.2. The Kier molecular flexibility index (Phi) is 5.06. The number of anilines is 1. The van der Waals surface area contributed by atoms with Gasteiger partial charge in [0.2, 0.25) is 0 Å². The van der Waals surface area contributed by atoms with Gasteiger partial charge in [0.15, 0.2) is 0 Å². The lowest BCUT2D eigenvalue weighted by molar-refractivity contribution is 0.0698. The summed E-state index contributed by atoms with van der Waals surface area (Å²) in [6.07, 6.45) is 0.753. The van der Waals surface area contributed by atoms with Gasteiger partial charge in [0.25, 0.3) is 0 Å². The molecule has 0 heterocycles. The molecule has 0 aliphatic carbocycles. The molecule has 2 rings (SSSR count). The van der Waals surface area contributed by atoms with Crippen LogP contribution < -0.4 is 10.1 Å². The summed E-state index contributed by atoms with van der Waals surface area (Å²) in [5, 5.41) is 12.5. The van der Waals surface area contributed by atoms with Crippen molar-refractivity contribution < 1.29 is 14.6 Å². The van der Waals surface area contributed by atoms with Gasteiger partial charge in [0, 0.05) is 6.54 Å². The molecule has 2 aromatic carbocycles. The van der Waals surface area contributed by atoms with Crippen molar-refractivity contribution in [2.24, 2.45) is 0 Å². The molecule has 0 bridgehead atoms. The second kappa shape index (κ2) is 6.99. The van der Waals surface area contributed by atoms with E-state index in [-0.39, 0.29) is 10.6 Å². The Balaban J connectivity index is 2.03. The molecule has 2 N–H and O–H groups in total. The quantitative estimate of drug-likeness (QED) is 0.854. The van der Waals surface area contributed by atoms with Crippen LogP contribution in [0.5, 0.6) is 5.75 Å². The highest BCUT2D eigenvalue weighted by molar-refractivity contribution is 6.34. The number of carbonyl (C=O) groups is 1. The van der Waals surface area contributed by atoms with Crippen molar-refractivity contribution in [2.75, 3.05) is 19.0 Å². The predicted molar refractivity (Wildman–Crippen MR) is 83.6 cm³/mol. The van der Waals surface area contributed by atoms with Gasteiger partial charge < -0.3 is 15.2 Å². The van der Waals surface area contributed by atoms with Gasteiger partial charge in [-0.25, -0.2) is 4.79 Å². The van der Waals surface area contributed by atoms with E-state index in [1.807, 2.05) is 24.3 Å². The van der Waals surface area contributed by atoms with Crippen molar-refractivity contribution >= 4 is 23.3 Å². The summed E-state index contributed by atoms with van der Waals surface area (Å²) < 4.78 is 5.17. The number of carboxylic acids is 1. The molecule has 0 spiro atoms. The van der Waals surface area contributed by atoms with Gasteiger partial charge in [-0.2, -0.15) is 0 Å². The first-order valence-corrected chi connectivity index (χ1v) is 6.88. The maximum Gasteiger partial charge on any atom is 0.339 e. The summed E-state index contributed by atoms with van der Waals surface area (Å²) in [6, 6.07) is 12.8. The number of nitrogens with one attached hydrogen (secondary N) is 1. The van der Waals surface area contributed by atoms with E-state index in [1.54, 1.807) is 25.3 Å². The Morgan fingerprint density at radius 2 is 2.05 bits per heavy atom. The van der Waals surface area contributed by atoms with Crippen molar-refractivity contribution in [3.05, 3.63) is 58.6 Å². The minimum absolute atomic E-state index is 0.102. The number of ether oxygens (including phenoxy) is 1. The van der Waals surface area contributed by atoms with Crippen LogP contribution in [-0.4, -0.2) is 24.7 Å². The van der Waals surface area contributed by atoms with E-state index >= 15 is 0 Å². The molecular weight excluding hydrogens is 290 g/mol. The monoisotopic (exact) mass is 305 g/mol. The molecule has 2 aromatic rings. The number of aromatic carboxylic acids is 1. The lowest BCUT2D eigenvalue weighted by Crippen LogP contribution is -2.10. The van der Waals surface area contributed by atoms with Crippen LogP contribution in [-0.2, 0) is 6.42 Å². The molecule has 0 saturated carbocycles. The molecular formula is C16H16ClNO3. The number of rotatable bonds is 6. The van der Waals surface area contributed by atoms with E-state index < -0.39 is 5.97 Å². The minimum atomic E-state index is -1.04. The fourth-order valence-electron chi connectivity index (χ4n) is 2.06. The first-order valence-electron chi connectivity index (χ1n) is 6.50. The molecule has 0 amide bonds. The maximum absolute atomic E-state index is 11.2. The van der Waals surface area contributed by atoms with Gasteiger partial charge in [-0.3, -0.25) is 0 Å². The summed E-state index contributed by atoms with van der Waals surface area (Å²) in [5.74, 6) is -0.231. The van der Waals surface area contributed by atoms with Crippen LogP contribution in [0, 0.1) is 0 Å². The fourth-order valence-corrected chi connectivity index (χ4v) is 2.31. The molecule has 0 aromatic heterocycles. The topological polar surface area (TPSA) is 58.6 Å². The van der Waals surface area contributed by atoms with Crippen molar-refractivity contribution in [1.29, 1.82) is 0 Å². The van der Waals surface area contributed by atoms with Gasteiger partial charge in [-0.05, 0) is 36.2 Å². The van der Waals surface area contributed by atoms with Gasteiger partial charge in [0.05, 0.1) is 17.8 Å². The van der Waals surface area contributed by atoms with Crippen LogP contribution in [0.25, 0.3) is 0 Å². The van der Waals surface area contributed by atoms with Crippen LogP contribution in [0.15, 0.2) is 42.5 Å². The Labute approximate surface area is 128 Å². The Morgan fingerprint density at radius 1 is 1.29 bits per heavy atom. The molecule has 0 fully saturated rings. The molecule has 4 nitrogen and oxygen atoms in total. The fraction of sp³-hybridized carbons (Fsp3) is 0.188. The van der Waals surface area contributed by atoms with Crippen molar-refractivity contribution in [1.82, 2.24) is 0 Å². The first-order chi connectivity index (χ1) is 10.1. The molecule has 21 heavy (non-hydrogen) atoms. The van der Waals surface area contributed by atoms with Gasteiger partial charge >= 0.3 is 5.97 Å². The summed E-state index contributed by atoms with van der Waals surface area (Å²) in [6.45, 7) is 0.605. The SMILES string of the molecule is COc1cccc(CCNc2cccc(Cl)c2C(=O)O)c1. The second-order valence-electron chi connectivity index (χ2n) is 4.50. The summed E-state index contributed by atoms with van der Waals surface area (Å²) >= 11 is 5.92. The van der Waals surface area contributed by atoms with E-state index in [0.717, 1.165) is 17.7 Å². The number of hydrogen-bond donors (Lipinski definition) is 2. The third kappa shape index (κ3) is 3.89. The zero-order valence-electron chi connectivity index (χ0n) is 11.6. The summed E-state index contributed by atoms with van der Waals surface area (Å²) in [5.41, 5.74) is 1.74. The number of benzene rings is 2. The van der Waals surface area contributed by atoms with Gasteiger partial charge in [-0.15, -0.1) is 0 Å². The van der Waals surface area contributed by atoms with E-state index in [0.29, 0.717) is 12.2 Å². The number of halogens is 1. The summed E-state index contributed by atoms with van der Waals surface area (Å²) in [7, 11) is 1.63. The Morgan fingerprint density at radius 3 is 2.76 bits per heavy atom. The Hall–Kier alpha value is -2.20. The zero-order valence-corrected chi connectivity index (χ0v) is 12.4. The van der Waals surface area contributed by atoms with Crippen molar-refractivity contribution in [2.45, 2.75) is 6.42 Å². The first kappa shape index (κ1) is 15.2. The van der Waals surface area contributed by atoms with E-state index in [1.165, 1.54) is 0 Å². The molecule has 0 saturated heterocycles. The predicted octanol–water partition coefficient (Wildman–Crippen LogP) is 3.70. The molecule has 0 atom stereocenters. The highest BCUT2D eigenvalue weighted by Gasteiger charge is 2.13. The third-order valence-electron chi connectivity index (χ3n) is 3.09.